The molecule has 2 nitrogen and oxygen atoms in total. The van der Waals surface area contributed by atoms with Crippen molar-refractivity contribution in [1.29, 1.82) is 0 Å². The lowest BCUT2D eigenvalue weighted by Crippen LogP contribution is -1.96. The maximum absolute atomic E-state index is 5.69. The summed E-state index contributed by atoms with van der Waals surface area (Å²) in [6, 6.07) is 4.14. The number of aromatic nitrogens is 1. The van der Waals surface area contributed by atoms with Crippen LogP contribution in [0.5, 0.6) is 0 Å². The van der Waals surface area contributed by atoms with E-state index < -0.39 is 0 Å². The summed E-state index contributed by atoms with van der Waals surface area (Å²) in [6.07, 6.45) is 0.954. The summed E-state index contributed by atoms with van der Waals surface area (Å²) in [5, 5.41) is 1.09. The number of hydrogen-bond donors (Lipinski definition) is 1. The first kappa shape index (κ1) is 11.3. The fourth-order valence-electron chi connectivity index (χ4n) is 1.35. The zero-order valence-corrected chi connectivity index (χ0v) is 11.5. The molecular weight excluding hydrogens is 292 g/mol. The molecule has 2 aromatic heterocycles. The normalized spacial score (nSPS) is 10.9. The number of nitrogens with zero attached hydrogens (tertiary/aromatic N) is 1. The van der Waals surface area contributed by atoms with Gasteiger partial charge in [0.1, 0.15) is 5.01 Å². The van der Waals surface area contributed by atoms with Crippen LogP contribution < -0.4 is 5.73 Å². The molecule has 0 aliphatic rings. The Morgan fingerprint density at radius 2 is 2.20 bits per heavy atom. The Kier molecular flexibility index (Phi) is 3.56. The van der Waals surface area contributed by atoms with E-state index in [4.69, 9.17) is 5.73 Å². The third-order valence-electron chi connectivity index (χ3n) is 2.08. The molecule has 0 aliphatic heterocycles. The molecule has 2 N–H and O–H groups in total. The highest BCUT2D eigenvalue weighted by Crippen LogP contribution is 2.35. The fourth-order valence-corrected chi connectivity index (χ4v) is 3.82. The summed E-state index contributed by atoms with van der Waals surface area (Å²) in [4.78, 5) is 7.03. The minimum Gasteiger partial charge on any atom is -0.326 e. The maximum Gasteiger partial charge on any atom is 0.133 e. The lowest BCUT2D eigenvalue weighted by Gasteiger charge is -1.91. The van der Waals surface area contributed by atoms with Crippen LogP contribution in [0.1, 0.15) is 17.5 Å². The van der Waals surface area contributed by atoms with Gasteiger partial charge in [-0.2, -0.15) is 0 Å². The number of hydrogen-bond acceptors (Lipinski definition) is 4. The second-order valence-electron chi connectivity index (χ2n) is 3.05. The quantitative estimate of drug-likeness (QED) is 0.940. The largest absolute Gasteiger partial charge is 0.326 e. The molecule has 0 spiro atoms. The summed E-state index contributed by atoms with van der Waals surface area (Å²) in [5.74, 6) is 0. The molecule has 0 saturated carbocycles. The van der Waals surface area contributed by atoms with Gasteiger partial charge in [-0.1, -0.05) is 6.92 Å². The van der Waals surface area contributed by atoms with Crippen molar-refractivity contribution in [2.24, 2.45) is 5.73 Å². The van der Waals surface area contributed by atoms with Crippen LogP contribution in [0.25, 0.3) is 9.88 Å². The third-order valence-corrected chi connectivity index (χ3v) is 5.00. The molecule has 0 aromatic carbocycles. The van der Waals surface area contributed by atoms with Crippen LogP contribution in [0.2, 0.25) is 0 Å². The van der Waals surface area contributed by atoms with Crippen LogP contribution in [0.15, 0.2) is 15.9 Å². The van der Waals surface area contributed by atoms with E-state index in [1.165, 1.54) is 9.75 Å². The Labute approximate surface area is 105 Å². The molecule has 5 heteroatoms. The second-order valence-corrected chi connectivity index (χ2v) is 6.60. The Bertz CT molecular complexity index is 440. The first-order chi connectivity index (χ1) is 7.24. The monoisotopic (exact) mass is 302 g/mol. The van der Waals surface area contributed by atoms with Crippen molar-refractivity contribution in [2.45, 2.75) is 19.9 Å². The highest BCUT2D eigenvalue weighted by molar-refractivity contribution is 9.11. The summed E-state index contributed by atoms with van der Waals surface area (Å²) >= 11 is 6.87. The van der Waals surface area contributed by atoms with Crippen LogP contribution in [0, 0.1) is 0 Å². The topological polar surface area (TPSA) is 38.9 Å². The number of halogens is 1. The van der Waals surface area contributed by atoms with Crippen LogP contribution in [-0.4, -0.2) is 4.98 Å². The van der Waals surface area contributed by atoms with E-state index >= 15 is 0 Å². The Morgan fingerprint density at radius 1 is 1.40 bits per heavy atom. The average molecular weight is 303 g/mol. The van der Waals surface area contributed by atoms with Crippen molar-refractivity contribution in [2.75, 3.05) is 0 Å². The lowest BCUT2D eigenvalue weighted by molar-refractivity contribution is 0.990. The average Bonchev–Trinajstić information content (AvgIpc) is 2.82. The maximum atomic E-state index is 5.69. The Hall–Kier alpha value is -0.230. The van der Waals surface area contributed by atoms with Gasteiger partial charge in [-0.05, 0) is 34.5 Å². The SMILES string of the molecule is CCc1nc(-c2ccc(Br)s2)sc1CN. The summed E-state index contributed by atoms with van der Waals surface area (Å²) in [5.41, 5.74) is 6.83. The van der Waals surface area contributed by atoms with Gasteiger partial charge < -0.3 is 5.73 Å². The van der Waals surface area contributed by atoms with Crippen LogP contribution in [0.4, 0.5) is 0 Å². The zero-order chi connectivity index (χ0) is 10.8. The van der Waals surface area contributed by atoms with Crippen molar-refractivity contribution in [3.63, 3.8) is 0 Å². The summed E-state index contributed by atoms with van der Waals surface area (Å²) < 4.78 is 1.14. The molecule has 0 bridgehead atoms. The van der Waals surface area contributed by atoms with E-state index in [-0.39, 0.29) is 0 Å². The first-order valence-corrected chi connectivity index (χ1v) is 7.11. The highest BCUT2D eigenvalue weighted by atomic mass is 79.9. The Morgan fingerprint density at radius 3 is 2.67 bits per heavy atom. The summed E-state index contributed by atoms with van der Waals surface area (Å²) in [7, 11) is 0. The van der Waals surface area contributed by atoms with Gasteiger partial charge in [0.05, 0.1) is 14.4 Å². The van der Waals surface area contributed by atoms with Crippen molar-refractivity contribution in [3.05, 3.63) is 26.5 Å². The Balaban J connectivity index is 2.41. The predicted molar refractivity (Wildman–Crippen MR) is 70.4 cm³/mol. The third kappa shape index (κ3) is 2.30. The summed E-state index contributed by atoms with van der Waals surface area (Å²) in [6.45, 7) is 2.70. The molecule has 0 radical (unpaired) electrons. The number of thiophene rings is 1. The number of nitrogens with two attached hydrogens (primary N) is 1. The molecular formula is C10H11BrN2S2. The van der Waals surface area contributed by atoms with Gasteiger partial charge in [-0.15, -0.1) is 22.7 Å². The second kappa shape index (κ2) is 4.74. The molecule has 2 rings (SSSR count). The van der Waals surface area contributed by atoms with Crippen molar-refractivity contribution >= 4 is 38.6 Å². The minimum atomic E-state index is 0.591. The van der Waals surface area contributed by atoms with E-state index in [9.17, 15) is 0 Å². The molecule has 15 heavy (non-hydrogen) atoms. The molecule has 2 heterocycles. The van der Waals surface area contributed by atoms with E-state index in [0.717, 1.165) is 20.9 Å². The number of rotatable bonds is 3. The van der Waals surface area contributed by atoms with E-state index in [0.29, 0.717) is 6.54 Å². The van der Waals surface area contributed by atoms with Crippen LogP contribution in [-0.2, 0) is 13.0 Å². The molecule has 2 aromatic rings. The van der Waals surface area contributed by atoms with Gasteiger partial charge in [0.25, 0.3) is 0 Å². The standard InChI is InChI=1S/C10H11BrN2S2/c1-2-6-8(5-12)15-10(13-6)7-3-4-9(11)14-7/h3-4H,2,5,12H2,1H3. The lowest BCUT2D eigenvalue weighted by atomic mass is 10.3. The molecule has 0 atom stereocenters. The highest BCUT2D eigenvalue weighted by Gasteiger charge is 2.11. The number of thiazole rings is 1. The molecule has 0 amide bonds. The predicted octanol–water partition coefficient (Wildman–Crippen LogP) is 3.66. The first-order valence-electron chi connectivity index (χ1n) is 4.69. The van der Waals surface area contributed by atoms with Gasteiger partial charge in [0, 0.05) is 11.4 Å². The van der Waals surface area contributed by atoms with Crippen molar-refractivity contribution in [3.8, 4) is 9.88 Å². The molecule has 0 aliphatic carbocycles. The van der Waals surface area contributed by atoms with Crippen LogP contribution in [0.3, 0.4) is 0 Å². The van der Waals surface area contributed by atoms with Gasteiger partial charge in [0.2, 0.25) is 0 Å². The molecule has 0 unspecified atom stereocenters. The van der Waals surface area contributed by atoms with Gasteiger partial charge in [-0.3, -0.25) is 0 Å². The van der Waals surface area contributed by atoms with Crippen LogP contribution >= 0.6 is 38.6 Å². The molecule has 80 valence electrons. The molecule has 0 saturated heterocycles. The van der Waals surface area contributed by atoms with E-state index in [1.54, 1.807) is 22.7 Å². The molecule has 0 fully saturated rings. The van der Waals surface area contributed by atoms with Crippen molar-refractivity contribution < 1.29 is 0 Å². The zero-order valence-electron chi connectivity index (χ0n) is 8.29. The van der Waals surface area contributed by atoms with E-state index in [2.05, 4.69) is 40.0 Å². The van der Waals surface area contributed by atoms with Gasteiger partial charge in [0.15, 0.2) is 0 Å². The number of aryl methyl sites for hydroxylation is 1. The minimum absolute atomic E-state index is 0.591. The fraction of sp³-hybridized carbons (Fsp3) is 0.300. The van der Waals surface area contributed by atoms with Gasteiger partial charge in [-0.25, -0.2) is 4.98 Å². The van der Waals surface area contributed by atoms with Crippen molar-refractivity contribution in [1.82, 2.24) is 4.98 Å². The van der Waals surface area contributed by atoms with E-state index in [1.807, 2.05) is 0 Å². The smallest absolute Gasteiger partial charge is 0.133 e. The van der Waals surface area contributed by atoms with Gasteiger partial charge >= 0.3 is 0 Å².